The number of hydrogen-bond donors (Lipinski definition) is 1. The summed E-state index contributed by atoms with van der Waals surface area (Å²) in [6, 6.07) is 6.57. The fraction of sp³-hybridized carbons (Fsp3) is 0.571. The van der Waals surface area contributed by atoms with E-state index in [1.54, 1.807) is 7.11 Å². The third kappa shape index (κ3) is 2.06. The number of hydrogen-bond acceptors (Lipinski definition) is 3. The fourth-order valence-electron chi connectivity index (χ4n) is 2.68. The van der Waals surface area contributed by atoms with E-state index in [4.69, 9.17) is 10.5 Å². The van der Waals surface area contributed by atoms with Gasteiger partial charge in [-0.1, -0.05) is 19.9 Å². The predicted octanol–water partition coefficient (Wildman–Crippen LogP) is 2.59. The van der Waals surface area contributed by atoms with E-state index in [-0.39, 0.29) is 11.5 Å². The Labute approximate surface area is 108 Å². The minimum atomic E-state index is 0.00972. The van der Waals surface area contributed by atoms with Crippen LogP contribution in [0.15, 0.2) is 18.2 Å². The molecule has 1 aliphatic carbocycles. The summed E-state index contributed by atoms with van der Waals surface area (Å²) in [5.74, 6) is 0.923. The van der Waals surface area contributed by atoms with Crippen molar-refractivity contribution in [2.75, 3.05) is 13.4 Å². The van der Waals surface area contributed by atoms with Crippen molar-refractivity contribution < 1.29 is 4.74 Å². The van der Waals surface area contributed by atoms with Crippen molar-refractivity contribution in [3.63, 3.8) is 0 Å². The summed E-state index contributed by atoms with van der Waals surface area (Å²) in [5, 5.41) is 0.505. The number of methoxy groups -OCH3 is 1. The van der Waals surface area contributed by atoms with Gasteiger partial charge < -0.3 is 10.5 Å². The molecule has 0 fully saturated rings. The van der Waals surface area contributed by atoms with Gasteiger partial charge >= 0.3 is 0 Å². The average Bonchev–Trinajstić information content (AvgIpc) is 2.33. The maximum absolute atomic E-state index is 6.41. The van der Waals surface area contributed by atoms with Crippen LogP contribution in [-0.4, -0.2) is 24.7 Å². The highest BCUT2D eigenvalue weighted by atomic mass is 32.2. The van der Waals surface area contributed by atoms with E-state index < -0.39 is 0 Å². The summed E-state index contributed by atoms with van der Waals surface area (Å²) in [6.07, 6.45) is 3.21. The molecular weight excluding hydrogens is 230 g/mol. The van der Waals surface area contributed by atoms with Crippen LogP contribution in [-0.2, 0) is 11.8 Å². The van der Waals surface area contributed by atoms with Crippen molar-refractivity contribution in [3.05, 3.63) is 29.3 Å². The van der Waals surface area contributed by atoms with E-state index in [0.29, 0.717) is 5.25 Å². The lowest BCUT2D eigenvalue weighted by Gasteiger charge is -2.43. The Morgan fingerprint density at radius 2 is 2.12 bits per heavy atom. The normalized spacial score (nSPS) is 26.4. The van der Waals surface area contributed by atoms with Crippen LogP contribution in [0.5, 0.6) is 5.75 Å². The molecule has 0 aliphatic heterocycles. The molecule has 0 heterocycles. The van der Waals surface area contributed by atoms with E-state index in [1.165, 1.54) is 11.1 Å². The number of ether oxygens (including phenoxy) is 1. The van der Waals surface area contributed by atoms with Gasteiger partial charge in [-0.3, -0.25) is 0 Å². The Hall–Kier alpha value is -0.670. The smallest absolute Gasteiger partial charge is 0.119 e. The van der Waals surface area contributed by atoms with Gasteiger partial charge in [-0.05, 0) is 35.9 Å². The lowest BCUT2D eigenvalue weighted by molar-refractivity contribution is 0.366. The van der Waals surface area contributed by atoms with Gasteiger partial charge in [0, 0.05) is 16.7 Å². The van der Waals surface area contributed by atoms with Gasteiger partial charge in [0.1, 0.15) is 5.75 Å². The maximum atomic E-state index is 6.41. The second-order valence-electron chi connectivity index (χ2n) is 5.25. The summed E-state index contributed by atoms with van der Waals surface area (Å²) in [4.78, 5) is 0. The Morgan fingerprint density at radius 3 is 2.71 bits per heavy atom. The average molecular weight is 251 g/mol. The van der Waals surface area contributed by atoms with Gasteiger partial charge in [0.15, 0.2) is 0 Å². The molecule has 0 bridgehead atoms. The van der Waals surface area contributed by atoms with Gasteiger partial charge in [0.2, 0.25) is 0 Å². The monoisotopic (exact) mass is 251 g/mol. The predicted molar refractivity (Wildman–Crippen MR) is 75.0 cm³/mol. The van der Waals surface area contributed by atoms with E-state index in [9.17, 15) is 0 Å². The molecular formula is C14H21NOS. The first-order valence-corrected chi connectivity index (χ1v) is 7.25. The van der Waals surface area contributed by atoms with Crippen LogP contribution in [0.4, 0.5) is 0 Å². The van der Waals surface area contributed by atoms with Crippen molar-refractivity contribution in [1.29, 1.82) is 0 Å². The van der Waals surface area contributed by atoms with Gasteiger partial charge in [-0.25, -0.2) is 0 Å². The molecule has 0 radical (unpaired) electrons. The molecule has 0 saturated heterocycles. The molecule has 1 aromatic rings. The fourth-order valence-corrected chi connectivity index (χ4v) is 3.66. The molecule has 2 rings (SSSR count). The molecule has 2 atom stereocenters. The standard InChI is InChI=1S/C14H21NOS/c1-14(2)11-8-10(16-3)6-5-9(11)7-12(17-4)13(14)15/h5-6,8,12-13H,7,15H2,1-4H3. The van der Waals surface area contributed by atoms with Crippen LogP contribution < -0.4 is 10.5 Å². The third-order valence-electron chi connectivity index (χ3n) is 3.97. The number of thioether (sulfide) groups is 1. The Morgan fingerprint density at radius 1 is 1.41 bits per heavy atom. The van der Waals surface area contributed by atoms with Crippen LogP contribution in [0.3, 0.4) is 0 Å². The topological polar surface area (TPSA) is 35.2 Å². The maximum Gasteiger partial charge on any atom is 0.119 e. The molecule has 0 spiro atoms. The molecule has 2 unspecified atom stereocenters. The summed E-state index contributed by atoms with van der Waals surface area (Å²) in [7, 11) is 1.71. The van der Waals surface area contributed by atoms with E-state index in [0.717, 1.165) is 12.2 Å². The number of benzene rings is 1. The van der Waals surface area contributed by atoms with Gasteiger partial charge in [-0.2, -0.15) is 11.8 Å². The summed E-state index contributed by atoms with van der Waals surface area (Å²) in [6.45, 7) is 4.47. The molecule has 0 amide bonds. The lowest BCUT2D eigenvalue weighted by atomic mass is 9.69. The first-order chi connectivity index (χ1) is 8.00. The molecule has 3 heteroatoms. The Bertz CT molecular complexity index is 417. The second-order valence-corrected chi connectivity index (χ2v) is 6.33. The van der Waals surface area contributed by atoms with Gasteiger partial charge in [0.05, 0.1) is 7.11 Å². The highest BCUT2D eigenvalue weighted by Crippen LogP contribution is 2.40. The van der Waals surface area contributed by atoms with Gasteiger partial charge in [-0.15, -0.1) is 0 Å². The zero-order valence-electron chi connectivity index (χ0n) is 11.0. The Balaban J connectivity index is 2.49. The molecule has 0 aromatic heterocycles. The molecule has 1 aliphatic rings. The van der Waals surface area contributed by atoms with Crippen LogP contribution >= 0.6 is 11.8 Å². The number of fused-ring (bicyclic) bond motifs is 1. The molecule has 2 N–H and O–H groups in total. The SMILES string of the molecule is COc1ccc2c(c1)C(C)(C)C(N)C(SC)C2. The molecule has 0 saturated carbocycles. The Kier molecular flexibility index (Phi) is 3.41. The quantitative estimate of drug-likeness (QED) is 0.877. The summed E-state index contributed by atoms with van der Waals surface area (Å²) < 4.78 is 5.32. The second kappa shape index (κ2) is 4.54. The first-order valence-electron chi connectivity index (χ1n) is 5.96. The molecule has 17 heavy (non-hydrogen) atoms. The highest BCUT2D eigenvalue weighted by Gasteiger charge is 2.40. The van der Waals surface area contributed by atoms with Crippen molar-refractivity contribution in [1.82, 2.24) is 0 Å². The third-order valence-corrected chi connectivity index (χ3v) is 5.03. The van der Waals surface area contributed by atoms with Crippen molar-refractivity contribution >= 4 is 11.8 Å². The summed E-state index contributed by atoms with van der Waals surface area (Å²) in [5.41, 5.74) is 9.18. The van der Waals surface area contributed by atoms with Crippen LogP contribution in [0.1, 0.15) is 25.0 Å². The molecule has 1 aromatic carbocycles. The summed E-state index contributed by atoms with van der Waals surface area (Å²) >= 11 is 1.87. The number of rotatable bonds is 2. The van der Waals surface area contributed by atoms with Crippen LogP contribution in [0.25, 0.3) is 0 Å². The van der Waals surface area contributed by atoms with Crippen molar-refractivity contribution in [2.45, 2.75) is 37.0 Å². The highest BCUT2D eigenvalue weighted by molar-refractivity contribution is 7.99. The molecule has 2 nitrogen and oxygen atoms in total. The van der Waals surface area contributed by atoms with Gasteiger partial charge in [0.25, 0.3) is 0 Å². The van der Waals surface area contributed by atoms with E-state index in [1.807, 2.05) is 17.8 Å². The zero-order valence-corrected chi connectivity index (χ0v) is 11.8. The minimum absolute atomic E-state index is 0.00972. The molecule has 94 valence electrons. The van der Waals surface area contributed by atoms with Crippen molar-refractivity contribution in [2.24, 2.45) is 5.73 Å². The van der Waals surface area contributed by atoms with E-state index >= 15 is 0 Å². The zero-order chi connectivity index (χ0) is 12.6. The van der Waals surface area contributed by atoms with Crippen LogP contribution in [0, 0.1) is 0 Å². The van der Waals surface area contributed by atoms with Crippen LogP contribution in [0.2, 0.25) is 0 Å². The van der Waals surface area contributed by atoms with E-state index in [2.05, 4.69) is 32.2 Å². The minimum Gasteiger partial charge on any atom is -0.497 e. The van der Waals surface area contributed by atoms with Crippen molar-refractivity contribution in [3.8, 4) is 5.75 Å². The first kappa shape index (κ1) is 12.8. The largest absolute Gasteiger partial charge is 0.497 e. The number of nitrogens with two attached hydrogens (primary N) is 1. The lowest BCUT2D eigenvalue weighted by Crippen LogP contribution is -2.52.